The maximum absolute atomic E-state index is 13.4. The minimum Gasteiger partial charge on any atom is -0.322 e. The van der Waals surface area contributed by atoms with Crippen LogP contribution in [0.25, 0.3) is 0 Å². The monoisotopic (exact) mass is 275 g/mol. The largest absolute Gasteiger partial charge is 0.322 e. The average Bonchev–Trinajstić information content (AvgIpc) is 2.67. The second kappa shape index (κ2) is 5.64. The van der Waals surface area contributed by atoms with Gasteiger partial charge in [-0.05, 0) is 26.0 Å². The van der Waals surface area contributed by atoms with Gasteiger partial charge >= 0.3 is 0 Å². The summed E-state index contributed by atoms with van der Waals surface area (Å²) in [5.41, 5.74) is 1.77. The fourth-order valence-corrected chi connectivity index (χ4v) is 1.92. The van der Waals surface area contributed by atoms with Crippen LogP contribution in [-0.2, 0) is 11.3 Å². The van der Waals surface area contributed by atoms with E-state index in [1.165, 1.54) is 16.8 Å². The molecule has 104 valence electrons. The topological polar surface area (TPSA) is 64.0 Å². The number of aromatic nitrogens is 2. The molecule has 20 heavy (non-hydrogen) atoms. The second-order valence-corrected chi connectivity index (χ2v) is 4.39. The summed E-state index contributed by atoms with van der Waals surface area (Å²) in [6.07, 6.45) is 0.711. The van der Waals surface area contributed by atoms with Crippen molar-refractivity contribution in [2.24, 2.45) is 0 Å². The number of rotatable bonds is 4. The number of nitrogens with zero attached hydrogens (tertiary/aromatic N) is 2. The van der Waals surface area contributed by atoms with Crippen LogP contribution in [0.5, 0.6) is 0 Å². The van der Waals surface area contributed by atoms with Gasteiger partial charge in [-0.3, -0.25) is 14.3 Å². The number of para-hydroxylation sites is 1. The number of aldehydes is 1. The number of carbonyl (C=O) groups is 2. The van der Waals surface area contributed by atoms with Crippen molar-refractivity contribution in [2.75, 3.05) is 5.32 Å². The molecule has 0 bridgehead atoms. The van der Waals surface area contributed by atoms with Gasteiger partial charge in [0.05, 0.1) is 16.9 Å². The number of aryl methyl sites for hydroxylation is 1. The Morgan fingerprint density at radius 3 is 2.70 bits per heavy atom. The molecule has 0 aliphatic heterocycles. The van der Waals surface area contributed by atoms with Crippen molar-refractivity contribution in [3.05, 3.63) is 47.0 Å². The molecule has 2 rings (SSSR count). The Labute approximate surface area is 115 Å². The summed E-state index contributed by atoms with van der Waals surface area (Å²) in [5.74, 6) is -0.902. The lowest BCUT2D eigenvalue weighted by Crippen LogP contribution is -2.21. The van der Waals surface area contributed by atoms with Crippen LogP contribution in [0, 0.1) is 19.7 Å². The molecule has 5 nitrogen and oxygen atoms in total. The summed E-state index contributed by atoms with van der Waals surface area (Å²) in [5, 5.41) is 6.59. The van der Waals surface area contributed by atoms with Crippen molar-refractivity contribution in [3.8, 4) is 0 Å². The molecule has 6 heteroatoms. The molecule has 1 amide bonds. The summed E-state index contributed by atoms with van der Waals surface area (Å²) in [7, 11) is 0. The molecular weight excluding hydrogens is 261 g/mol. The molecule has 0 unspecified atom stereocenters. The van der Waals surface area contributed by atoms with Gasteiger partial charge in [-0.2, -0.15) is 5.10 Å². The number of hydrogen-bond acceptors (Lipinski definition) is 3. The molecule has 1 aromatic heterocycles. The summed E-state index contributed by atoms with van der Waals surface area (Å²) in [6.45, 7) is 3.33. The number of nitrogens with one attached hydrogen (secondary N) is 1. The summed E-state index contributed by atoms with van der Waals surface area (Å²) >= 11 is 0. The van der Waals surface area contributed by atoms with E-state index < -0.39 is 11.7 Å². The minimum atomic E-state index is -0.497. The molecule has 0 radical (unpaired) electrons. The van der Waals surface area contributed by atoms with Gasteiger partial charge < -0.3 is 5.32 Å². The van der Waals surface area contributed by atoms with Crippen LogP contribution in [0.1, 0.15) is 21.7 Å². The van der Waals surface area contributed by atoms with Crippen LogP contribution in [0.3, 0.4) is 0 Å². The molecule has 1 N–H and O–H groups in total. The predicted molar refractivity (Wildman–Crippen MR) is 72.1 cm³/mol. The van der Waals surface area contributed by atoms with Gasteiger partial charge in [0.2, 0.25) is 5.91 Å². The van der Waals surface area contributed by atoms with Gasteiger partial charge in [0.25, 0.3) is 0 Å². The van der Waals surface area contributed by atoms with E-state index in [-0.39, 0.29) is 12.2 Å². The molecule has 0 aliphatic rings. The third-order valence-electron chi connectivity index (χ3n) is 3.00. The van der Waals surface area contributed by atoms with E-state index >= 15 is 0 Å². The summed E-state index contributed by atoms with van der Waals surface area (Å²) in [4.78, 5) is 22.7. The van der Waals surface area contributed by atoms with Gasteiger partial charge in [-0.1, -0.05) is 12.1 Å². The lowest BCUT2D eigenvalue weighted by molar-refractivity contribution is -0.117. The molecule has 0 saturated carbocycles. The Kier molecular flexibility index (Phi) is 3.93. The molecule has 0 fully saturated rings. The first-order valence-electron chi connectivity index (χ1n) is 6.06. The van der Waals surface area contributed by atoms with Crippen molar-refractivity contribution >= 4 is 17.9 Å². The molecule has 0 atom stereocenters. The molecule has 1 aromatic carbocycles. The van der Waals surface area contributed by atoms with E-state index in [0.29, 0.717) is 23.2 Å². The maximum Gasteiger partial charge on any atom is 0.246 e. The third-order valence-corrected chi connectivity index (χ3v) is 3.00. The summed E-state index contributed by atoms with van der Waals surface area (Å²) < 4.78 is 14.8. The zero-order chi connectivity index (χ0) is 14.7. The van der Waals surface area contributed by atoms with Gasteiger partial charge in [0.15, 0.2) is 6.29 Å². The SMILES string of the molecule is Cc1nn(CC(=O)Nc2ccccc2F)c(C)c1C=O. The van der Waals surface area contributed by atoms with Crippen LogP contribution in [0.4, 0.5) is 10.1 Å². The van der Waals surface area contributed by atoms with Gasteiger partial charge in [0.1, 0.15) is 12.4 Å². The Morgan fingerprint density at radius 2 is 2.10 bits per heavy atom. The van der Waals surface area contributed by atoms with Gasteiger partial charge in [0, 0.05) is 5.69 Å². The highest BCUT2D eigenvalue weighted by atomic mass is 19.1. The van der Waals surface area contributed by atoms with Crippen LogP contribution in [-0.4, -0.2) is 22.0 Å². The molecule has 1 heterocycles. The maximum atomic E-state index is 13.4. The van der Waals surface area contributed by atoms with Crippen LogP contribution in [0.15, 0.2) is 24.3 Å². The standard InChI is InChI=1S/C14H14FN3O2/c1-9-11(8-19)10(2)18(17-9)7-14(20)16-13-6-4-3-5-12(13)15/h3-6,8H,7H2,1-2H3,(H,16,20). The first-order valence-corrected chi connectivity index (χ1v) is 6.06. The fourth-order valence-electron chi connectivity index (χ4n) is 1.92. The van der Waals surface area contributed by atoms with Crippen molar-refractivity contribution in [2.45, 2.75) is 20.4 Å². The van der Waals surface area contributed by atoms with E-state index in [9.17, 15) is 14.0 Å². The van der Waals surface area contributed by atoms with Crippen molar-refractivity contribution in [1.29, 1.82) is 0 Å². The van der Waals surface area contributed by atoms with E-state index in [1.807, 2.05) is 0 Å². The Balaban J connectivity index is 2.13. The zero-order valence-electron chi connectivity index (χ0n) is 11.2. The average molecular weight is 275 g/mol. The second-order valence-electron chi connectivity index (χ2n) is 4.39. The highest BCUT2D eigenvalue weighted by Gasteiger charge is 2.14. The first-order chi connectivity index (χ1) is 9.52. The van der Waals surface area contributed by atoms with E-state index in [2.05, 4.69) is 10.4 Å². The number of amides is 1. The predicted octanol–water partition coefficient (Wildman–Crippen LogP) is 2.09. The number of carbonyl (C=O) groups excluding carboxylic acids is 2. The Morgan fingerprint density at radius 1 is 1.40 bits per heavy atom. The fraction of sp³-hybridized carbons (Fsp3) is 0.214. The molecular formula is C14H14FN3O2. The minimum absolute atomic E-state index is 0.0746. The number of benzene rings is 1. The number of hydrogen-bond donors (Lipinski definition) is 1. The molecule has 0 spiro atoms. The quantitative estimate of drug-likeness (QED) is 0.869. The highest BCUT2D eigenvalue weighted by Crippen LogP contribution is 2.13. The lowest BCUT2D eigenvalue weighted by atomic mass is 10.2. The molecule has 0 aliphatic carbocycles. The van der Waals surface area contributed by atoms with Crippen LogP contribution < -0.4 is 5.32 Å². The smallest absolute Gasteiger partial charge is 0.246 e. The Hall–Kier alpha value is -2.50. The van der Waals surface area contributed by atoms with Gasteiger partial charge in [-0.25, -0.2) is 4.39 Å². The van der Waals surface area contributed by atoms with E-state index in [1.54, 1.807) is 26.0 Å². The number of anilines is 1. The molecule has 2 aromatic rings. The lowest BCUT2D eigenvalue weighted by Gasteiger charge is -2.07. The van der Waals surface area contributed by atoms with Gasteiger partial charge in [-0.15, -0.1) is 0 Å². The highest BCUT2D eigenvalue weighted by molar-refractivity contribution is 5.90. The Bertz CT molecular complexity index is 664. The third kappa shape index (κ3) is 2.74. The van der Waals surface area contributed by atoms with E-state index in [0.717, 1.165) is 0 Å². The normalized spacial score (nSPS) is 10.3. The summed E-state index contributed by atoms with van der Waals surface area (Å²) in [6, 6.07) is 5.92. The molecule has 0 saturated heterocycles. The van der Waals surface area contributed by atoms with Crippen LogP contribution >= 0.6 is 0 Å². The van der Waals surface area contributed by atoms with Crippen molar-refractivity contribution in [1.82, 2.24) is 9.78 Å². The van der Waals surface area contributed by atoms with Crippen molar-refractivity contribution < 1.29 is 14.0 Å². The van der Waals surface area contributed by atoms with Crippen molar-refractivity contribution in [3.63, 3.8) is 0 Å². The zero-order valence-corrected chi connectivity index (χ0v) is 11.2. The first kappa shape index (κ1) is 13.9. The number of halogens is 1. The van der Waals surface area contributed by atoms with Crippen LogP contribution in [0.2, 0.25) is 0 Å². The van der Waals surface area contributed by atoms with E-state index in [4.69, 9.17) is 0 Å².